The number of nitrogens with zero attached hydrogens (tertiary/aromatic N) is 2. The van der Waals surface area contributed by atoms with E-state index in [2.05, 4.69) is 0 Å². The molecule has 8 nitrogen and oxygen atoms in total. The highest BCUT2D eigenvalue weighted by Crippen LogP contribution is 2.30. The molecule has 1 atom stereocenters. The van der Waals surface area contributed by atoms with Crippen LogP contribution in [0.1, 0.15) is 12.8 Å². The molecule has 0 radical (unpaired) electrons. The third kappa shape index (κ3) is 4.32. The van der Waals surface area contributed by atoms with E-state index in [4.69, 9.17) is 22.1 Å². The molecule has 0 spiro atoms. The molecule has 0 aromatic heterocycles. The summed E-state index contributed by atoms with van der Waals surface area (Å²) < 4.78 is 5.26. The number of halogens is 1. The fraction of sp³-hybridized carbons (Fsp3) is 0.429. The highest BCUT2D eigenvalue weighted by atomic mass is 35.5. The van der Waals surface area contributed by atoms with Gasteiger partial charge in [-0.1, -0.05) is 11.6 Å². The number of hydrogen-bond acceptors (Lipinski definition) is 5. The number of amides is 2. The van der Waals surface area contributed by atoms with Gasteiger partial charge >= 0.3 is 5.69 Å². The van der Waals surface area contributed by atoms with Crippen LogP contribution in [0.3, 0.4) is 0 Å². The van der Waals surface area contributed by atoms with Gasteiger partial charge in [0.15, 0.2) is 12.4 Å². The van der Waals surface area contributed by atoms with E-state index in [1.54, 1.807) is 0 Å². The summed E-state index contributed by atoms with van der Waals surface area (Å²) in [6.45, 7) is 0.406. The van der Waals surface area contributed by atoms with E-state index in [0.717, 1.165) is 6.07 Å². The van der Waals surface area contributed by atoms with Crippen LogP contribution in [0.5, 0.6) is 5.75 Å². The van der Waals surface area contributed by atoms with Gasteiger partial charge in [0.25, 0.3) is 5.91 Å². The molecule has 9 heteroatoms. The van der Waals surface area contributed by atoms with E-state index in [-0.39, 0.29) is 41.4 Å². The van der Waals surface area contributed by atoms with Crippen LogP contribution in [0.2, 0.25) is 5.02 Å². The molecular weight excluding hydrogens is 326 g/mol. The molecular formula is C14H16ClN3O5. The van der Waals surface area contributed by atoms with E-state index < -0.39 is 10.8 Å². The number of rotatable bonds is 5. The van der Waals surface area contributed by atoms with Crippen molar-refractivity contribution in [3.05, 3.63) is 33.3 Å². The van der Waals surface area contributed by atoms with Gasteiger partial charge in [0.1, 0.15) is 0 Å². The molecule has 0 unspecified atom stereocenters. The largest absolute Gasteiger partial charge is 0.477 e. The minimum Gasteiger partial charge on any atom is -0.477 e. The topological polar surface area (TPSA) is 116 Å². The summed E-state index contributed by atoms with van der Waals surface area (Å²) in [6, 6.07) is 3.94. The monoisotopic (exact) mass is 341 g/mol. The molecule has 1 saturated heterocycles. The quantitative estimate of drug-likeness (QED) is 0.641. The molecule has 0 aliphatic carbocycles. The summed E-state index contributed by atoms with van der Waals surface area (Å²) in [5, 5.41) is 11.2. The van der Waals surface area contributed by atoms with Gasteiger partial charge in [-0.05, 0) is 25.0 Å². The van der Waals surface area contributed by atoms with Crippen molar-refractivity contribution in [1.29, 1.82) is 0 Å². The summed E-state index contributed by atoms with van der Waals surface area (Å²) in [7, 11) is 0. The zero-order valence-electron chi connectivity index (χ0n) is 12.2. The number of carbonyl (C=O) groups excluding carboxylic acids is 2. The van der Waals surface area contributed by atoms with Gasteiger partial charge in [0.2, 0.25) is 5.91 Å². The summed E-state index contributed by atoms with van der Waals surface area (Å²) in [5.74, 6) is -1.18. The Hall–Kier alpha value is -2.35. The van der Waals surface area contributed by atoms with Crippen molar-refractivity contribution in [2.24, 2.45) is 11.7 Å². The lowest BCUT2D eigenvalue weighted by Gasteiger charge is -2.31. The first-order chi connectivity index (χ1) is 10.9. The lowest BCUT2D eigenvalue weighted by molar-refractivity contribution is -0.385. The van der Waals surface area contributed by atoms with E-state index in [1.807, 2.05) is 0 Å². The number of benzene rings is 1. The molecule has 1 aliphatic rings. The summed E-state index contributed by atoms with van der Waals surface area (Å²) in [6.07, 6.45) is 1.34. The second-order valence-electron chi connectivity index (χ2n) is 5.24. The lowest BCUT2D eigenvalue weighted by atomic mass is 9.97. The minimum absolute atomic E-state index is 0.0313. The van der Waals surface area contributed by atoms with Crippen molar-refractivity contribution in [3.63, 3.8) is 0 Å². The second-order valence-corrected chi connectivity index (χ2v) is 5.68. The average Bonchev–Trinajstić information content (AvgIpc) is 2.53. The van der Waals surface area contributed by atoms with E-state index in [9.17, 15) is 19.7 Å². The SMILES string of the molecule is NC(=O)[C@H]1CCCN(C(=O)COc2ccc(Cl)cc2[N+](=O)[O-])C1. The number of piperidine rings is 1. The van der Waals surface area contributed by atoms with Gasteiger partial charge in [0, 0.05) is 24.2 Å². The van der Waals surface area contributed by atoms with Crippen molar-refractivity contribution in [1.82, 2.24) is 4.90 Å². The Morgan fingerprint density at radius 2 is 2.22 bits per heavy atom. The maximum Gasteiger partial charge on any atom is 0.312 e. The van der Waals surface area contributed by atoms with Gasteiger partial charge < -0.3 is 15.4 Å². The van der Waals surface area contributed by atoms with Crippen LogP contribution in [-0.4, -0.2) is 41.3 Å². The van der Waals surface area contributed by atoms with Crippen LogP contribution in [-0.2, 0) is 9.59 Å². The van der Waals surface area contributed by atoms with Gasteiger partial charge in [-0.3, -0.25) is 19.7 Å². The highest BCUT2D eigenvalue weighted by Gasteiger charge is 2.27. The highest BCUT2D eigenvalue weighted by molar-refractivity contribution is 6.30. The van der Waals surface area contributed by atoms with Gasteiger partial charge in [-0.25, -0.2) is 0 Å². The third-order valence-corrected chi connectivity index (χ3v) is 3.88. The number of ether oxygens (including phenoxy) is 1. The van der Waals surface area contributed by atoms with Crippen molar-refractivity contribution in [2.75, 3.05) is 19.7 Å². The fourth-order valence-electron chi connectivity index (χ4n) is 2.42. The number of primary amides is 1. The van der Waals surface area contributed by atoms with Crippen molar-refractivity contribution < 1.29 is 19.2 Å². The molecule has 1 aromatic carbocycles. The molecule has 0 bridgehead atoms. The van der Waals surface area contributed by atoms with Crippen molar-refractivity contribution in [3.8, 4) is 5.75 Å². The normalized spacial score (nSPS) is 17.6. The Balaban J connectivity index is 1.99. The molecule has 2 N–H and O–H groups in total. The van der Waals surface area contributed by atoms with Gasteiger partial charge in [-0.2, -0.15) is 0 Å². The molecule has 1 heterocycles. The van der Waals surface area contributed by atoms with Crippen molar-refractivity contribution in [2.45, 2.75) is 12.8 Å². The van der Waals surface area contributed by atoms with E-state index in [0.29, 0.717) is 19.4 Å². The second kappa shape index (κ2) is 7.28. The number of carbonyl (C=O) groups is 2. The molecule has 0 saturated carbocycles. The standard InChI is InChI=1S/C14H16ClN3O5/c15-10-3-4-12(11(6-10)18(21)22)23-8-13(19)17-5-1-2-9(7-17)14(16)20/h3-4,6,9H,1-2,5,7-8H2,(H2,16,20)/t9-/m0/s1. The predicted octanol–water partition coefficient (Wildman–Crippen LogP) is 1.35. The molecule has 1 fully saturated rings. The zero-order chi connectivity index (χ0) is 17.0. The first kappa shape index (κ1) is 17.0. The van der Waals surface area contributed by atoms with Gasteiger partial charge in [0.05, 0.1) is 10.8 Å². The number of nitro groups is 1. The molecule has 1 aromatic rings. The molecule has 124 valence electrons. The molecule has 1 aliphatic heterocycles. The maximum absolute atomic E-state index is 12.1. The first-order valence-corrected chi connectivity index (χ1v) is 7.40. The summed E-state index contributed by atoms with van der Waals surface area (Å²) >= 11 is 5.71. The predicted molar refractivity (Wildman–Crippen MR) is 82.1 cm³/mol. The minimum atomic E-state index is -0.629. The summed E-state index contributed by atoms with van der Waals surface area (Å²) in [5.41, 5.74) is 4.96. The Kier molecular flexibility index (Phi) is 5.38. The van der Waals surface area contributed by atoms with Gasteiger partial charge in [-0.15, -0.1) is 0 Å². The number of nitrogens with two attached hydrogens (primary N) is 1. The van der Waals surface area contributed by atoms with Crippen LogP contribution >= 0.6 is 11.6 Å². The van der Waals surface area contributed by atoms with E-state index in [1.165, 1.54) is 17.0 Å². The van der Waals surface area contributed by atoms with Crippen LogP contribution in [0, 0.1) is 16.0 Å². The molecule has 23 heavy (non-hydrogen) atoms. The third-order valence-electron chi connectivity index (χ3n) is 3.65. The molecule has 2 amide bonds. The Morgan fingerprint density at radius 3 is 2.87 bits per heavy atom. The van der Waals surface area contributed by atoms with Crippen LogP contribution in [0.15, 0.2) is 18.2 Å². The summed E-state index contributed by atoms with van der Waals surface area (Å²) in [4.78, 5) is 35.2. The maximum atomic E-state index is 12.1. The Morgan fingerprint density at radius 1 is 1.48 bits per heavy atom. The molecule has 2 rings (SSSR count). The average molecular weight is 342 g/mol. The lowest BCUT2D eigenvalue weighted by Crippen LogP contribution is -2.45. The fourth-order valence-corrected chi connectivity index (χ4v) is 2.59. The number of hydrogen-bond donors (Lipinski definition) is 1. The van der Waals surface area contributed by atoms with E-state index >= 15 is 0 Å². The number of nitro benzene ring substituents is 1. The smallest absolute Gasteiger partial charge is 0.312 e. The zero-order valence-corrected chi connectivity index (χ0v) is 13.0. The van der Waals surface area contributed by atoms with Crippen LogP contribution in [0.4, 0.5) is 5.69 Å². The number of likely N-dealkylation sites (tertiary alicyclic amines) is 1. The van der Waals surface area contributed by atoms with Crippen LogP contribution < -0.4 is 10.5 Å². The Bertz CT molecular complexity index is 637. The Labute approximate surface area is 137 Å². The van der Waals surface area contributed by atoms with Crippen LogP contribution in [0.25, 0.3) is 0 Å². The van der Waals surface area contributed by atoms with Crippen molar-refractivity contribution >= 4 is 29.1 Å². The first-order valence-electron chi connectivity index (χ1n) is 7.02.